The lowest BCUT2D eigenvalue weighted by Gasteiger charge is -2.23. The molecule has 24 heavy (non-hydrogen) atoms. The smallest absolute Gasteiger partial charge is 0.167 e. The van der Waals surface area contributed by atoms with Crippen LogP contribution in [0.15, 0.2) is 17.6 Å². The monoisotopic (exact) mass is 389 g/mol. The van der Waals surface area contributed by atoms with Gasteiger partial charge in [0.25, 0.3) is 0 Å². The van der Waals surface area contributed by atoms with Crippen LogP contribution in [0.25, 0.3) is 0 Å². The normalized spacial score (nSPS) is 18.4. The zero-order valence-corrected chi connectivity index (χ0v) is 17.1. The third-order valence-electron chi connectivity index (χ3n) is 4.62. The van der Waals surface area contributed by atoms with E-state index in [2.05, 4.69) is 32.7 Å². The first-order valence-electron chi connectivity index (χ1n) is 7.49. The molecule has 4 nitrogen and oxygen atoms in total. The minimum Gasteiger partial charge on any atom is -0.486 e. The van der Waals surface area contributed by atoms with Crippen molar-refractivity contribution in [1.29, 1.82) is 0 Å². The standard InChI is InChI=1S/C17H23N3OS.2ClH/c1-10-11(2)15-13(12(3)14(10)18)8-17(4,21-15)9-22-16-19-6-7-20(16)5;;/h6-7H,8-9,18H2,1-5H3;2*1H. The number of benzene rings is 1. The number of thioether (sulfide) groups is 1. The molecule has 1 aliphatic rings. The summed E-state index contributed by atoms with van der Waals surface area (Å²) >= 11 is 1.74. The van der Waals surface area contributed by atoms with Gasteiger partial charge in [-0.25, -0.2) is 4.98 Å². The molecule has 0 radical (unpaired) electrons. The summed E-state index contributed by atoms with van der Waals surface area (Å²) in [7, 11) is 2.01. The van der Waals surface area contributed by atoms with Crippen molar-refractivity contribution in [3.63, 3.8) is 0 Å². The van der Waals surface area contributed by atoms with Crippen molar-refractivity contribution in [2.45, 2.75) is 44.9 Å². The average Bonchev–Trinajstić information content (AvgIpc) is 3.05. The highest BCUT2D eigenvalue weighted by atomic mass is 35.5. The van der Waals surface area contributed by atoms with Crippen LogP contribution < -0.4 is 10.5 Å². The lowest BCUT2D eigenvalue weighted by molar-refractivity contribution is 0.143. The predicted molar refractivity (Wildman–Crippen MR) is 106 cm³/mol. The summed E-state index contributed by atoms with van der Waals surface area (Å²) in [4.78, 5) is 4.37. The molecule has 2 aromatic rings. The van der Waals surface area contributed by atoms with Crippen molar-refractivity contribution in [2.75, 3.05) is 11.5 Å². The molecule has 3 rings (SSSR count). The minimum atomic E-state index is -0.214. The van der Waals surface area contributed by atoms with Crippen molar-refractivity contribution in [3.05, 3.63) is 34.6 Å². The molecule has 0 bridgehead atoms. The summed E-state index contributed by atoms with van der Waals surface area (Å²) in [6.45, 7) is 8.44. The van der Waals surface area contributed by atoms with E-state index in [0.29, 0.717) is 0 Å². The maximum atomic E-state index is 6.37. The number of rotatable bonds is 3. The van der Waals surface area contributed by atoms with Gasteiger partial charge < -0.3 is 15.0 Å². The number of nitrogens with two attached hydrogens (primary N) is 1. The largest absolute Gasteiger partial charge is 0.486 e. The van der Waals surface area contributed by atoms with Crippen LogP contribution in [0.3, 0.4) is 0 Å². The van der Waals surface area contributed by atoms with E-state index in [1.807, 2.05) is 24.0 Å². The molecule has 2 heterocycles. The first-order valence-corrected chi connectivity index (χ1v) is 8.48. The van der Waals surface area contributed by atoms with Gasteiger partial charge in [0.1, 0.15) is 11.4 Å². The van der Waals surface area contributed by atoms with Crippen LogP contribution in [0.4, 0.5) is 5.69 Å². The first-order chi connectivity index (χ1) is 10.3. The second-order valence-electron chi connectivity index (χ2n) is 6.43. The van der Waals surface area contributed by atoms with Crippen LogP contribution in [0.1, 0.15) is 29.2 Å². The highest BCUT2D eigenvalue weighted by molar-refractivity contribution is 7.99. The average molecular weight is 390 g/mol. The van der Waals surface area contributed by atoms with Crippen molar-refractivity contribution in [3.8, 4) is 5.75 Å². The molecule has 1 aromatic heterocycles. The summed E-state index contributed by atoms with van der Waals surface area (Å²) in [6.07, 6.45) is 4.69. The van der Waals surface area contributed by atoms with Gasteiger partial charge >= 0.3 is 0 Å². The second kappa shape index (κ2) is 7.46. The molecule has 0 aliphatic carbocycles. The van der Waals surface area contributed by atoms with E-state index in [4.69, 9.17) is 10.5 Å². The molecule has 0 saturated carbocycles. The van der Waals surface area contributed by atoms with E-state index < -0.39 is 0 Å². The molecular weight excluding hydrogens is 365 g/mol. The molecule has 0 fully saturated rings. The molecule has 1 atom stereocenters. The Hall–Kier alpha value is -1.04. The Morgan fingerprint density at radius 3 is 2.50 bits per heavy atom. The van der Waals surface area contributed by atoms with E-state index in [-0.39, 0.29) is 30.4 Å². The Bertz CT molecular complexity index is 709. The summed E-state index contributed by atoms with van der Waals surface area (Å²) < 4.78 is 8.40. The first kappa shape index (κ1) is 21.0. The Morgan fingerprint density at radius 2 is 1.92 bits per heavy atom. The van der Waals surface area contributed by atoms with Crippen molar-refractivity contribution in [2.24, 2.45) is 7.05 Å². The van der Waals surface area contributed by atoms with Gasteiger partial charge in [0.15, 0.2) is 5.16 Å². The van der Waals surface area contributed by atoms with Gasteiger partial charge in [-0.15, -0.1) is 24.8 Å². The molecule has 1 aromatic carbocycles. The number of anilines is 1. The molecular formula is C17H25Cl2N3OS. The van der Waals surface area contributed by atoms with Crippen LogP contribution >= 0.6 is 36.6 Å². The molecule has 1 aliphatic heterocycles. The van der Waals surface area contributed by atoms with Gasteiger partial charge in [0.05, 0.1) is 0 Å². The Kier molecular flexibility index (Phi) is 6.53. The van der Waals surface area contributed by atoms with Gasteiger partial charge in [-0.1, -0.05) is 11.8 Å². The van der Waals surface area contributed by atoms with Gasteiger partial charge in [-0.2, -0.15) is 0 Å². The molecule has 1 unspecified atom stereocenters. The number of imidazole rings is 1. The van der Waals surface area contributed by atoms with E-state index in [0.717, 1.165) is 34.3 Å². The number of ether oxygens (including phenoxy) is 1. The quantitative estimate of drug-likeness (QED) is 0.629. The zero-order chi connectivity index (χ0) is 16.1. The number of aromatic nitrogens is 2. The fraction of sp³-hybridized carbons (Fsp3) is 0.471. The van der Waals surface area contributed by atoms with Crippen LogP contribution in [0.5, 0.6) is 5.75 Å². The third kappa shape index (κ3) is 3.48. The summed E-state index contributed by atoms with van der Waals surface area (Å²) in [5, 5.41) is 1.02. The molecule has 0 amide bonds. The lowest BCUT2D eigenvalue weighted by Crippen LogP contribution is -2.33. The van der Waals surface area contributed by atoms with Crippen LogP contribution in [0.2, 0.25) is 0 Å². The number of hydrogen-bond donors (Lipinski definition) is 1. The fourth-order valence-corrected chi connectivity index (χ4v) is 4.00. The van der Waals surface area contributed by atoms with Gasteiger partial charge in [0.2, 0.25) is 0 Å². The van der Waals surface area contributed by atoms with Crippen LogP contribution in [-0.4, -0.2) is 20.9 Å². The minimum absolute atomic E-state index is 0. The highest BCUT2D eigenvalue weighted by Crippen LogP contribution is 2.44. The third-order valence-corrected chi connectivity index (χ3v) is 6.03. The maximum absolute atomic E-state index is 6.37. The highest BCUT2D eigenvalue weighted by Gasteiger charge is 2.38. The molecule has 0 spiro atoms. The van der Waals surface area contributed by atoms with Crippen LogP contribution in [0, 0.1) is 20.8 Å². The van der Waals surface area contributed by atoms with Gasteiger partial charge in [-0.05, 0) is 44.4 Å². The van der Waals surface area contributed by atoms with Crippen LogP contribution in [-0.2, 0) is 13.5 Å². The molecule has 7 heteroatoms. The Morgan fingerprint density at radius 1 is 1.25 bits per heavy atom. The van der Waals surface area contributed by atoms with E-state index in [9.17, 15) is 0 Å². The Balaban J connectivity index is 0.00000144. The number of halogens is 2. The number of nitrogen functional groups attached to an aromatic ring is 1. The molecule has 134 valence electrons. The zero-order valence-electron chi connectivity index (χ0n) is 14.7. The summed E-state index contributed by atoms with van der Waals surface area (Å²) in [5.41, 5.74) is 11.7. The van der Waals surface area contributed by atoms with Gasteiger partial charge in [-0.3, -0.25) is 0 Å². The lowest BCUT2D eigenvalue weighted by atomic mass is 9.93. The Labute approximate surface area is 160 Å². The summed E-state index contributed by atoms with van der Waals surface area (Å²) in [6, 6.07) is 0. The fourth-order valence-electron chi connectivity index (χ4n) is 3.01. The topological polar surface area (TPSA) is 53.1 Å². The van der Waals surface area contributed by atoms with Crippen molar-refractivity contribution >= 4 is 42.3 Å². The van der Waals surface area contributed by atoms with Gasteiger partial charge in [0, 0.05) is 42.9 Å². The SMILES string of the molecule is Cc1c(C)c2c(c(C)c1N)CC(C)(CSc1nccn1C)O2.Cl.Cl. The number of fused-ring (bicyclic) bond motifs is 1. The number of nitrogens with zero attached hydrogens (tertiary/aromatic N) is 2. The van der Waals surface area contributed by atoms with E-state index in [1.165, 1.54) is 16.7 Å². The maximum Gasteiger partial charge on any atom is 0.167 e. The van der Waals surface area contributed by atoms with E-state index in [1.54, 1.807) is 11.8 Å². The van der Waals surface area contributed by atoms with E-state index >= 15 is 0 Å². The van der Waals surface area contributed by atoms with Crippen molar-refractivity contribution in [1.82, 2.24) is 9.55 Å². The predicted octanol–water partition coefficient (Wildman–Crippen LogP) is 4.26. The number of hydrogen-bond acceptors (Lipinski definition) is 4. The summed E-state index contributed by atoms with van der Waals surface area (Å²) in [5.74, 6) is 1.90. The van der Waals surface area contributed by atoms with Crippen molar-refractivity contribution < 1.29 is 4.74 Å². The molecule has 2 N–H and O–H groups in total. The second-order valence-corrected chi connectivity index (χ2v) is 7.38. The number of aryl methyl sites for hydroxylation is 1. The molecule has 0 saturated heterocycles.